The van der Waals surface area contributed by atoms with E-state index in [9.17, 15) is 9.00 Å². The topological polar surface area (TPSA) is 74.1 Å². The zero-order valence-electron chi connectivity index (χ0n) is 18.6. The Morgan fingerprint density at radius 1 is 1.09 bits per heavy atom. The van der Waals surface area contributed by atoms with Crippen LogP contribution in [0.25, 0.3) is 11.0 Å². The number of pyridine rings is 1. The molecule has 2 heterocycles. The Balaban J connectivity index is 1.64. The SMILES string of the molecule is CCCCSc1ccnc(CS(=O)c2nc3ccccc3n2C(=O)Oc2ccccc2)c1C. The molecule has 0 amide bonds. The van der Waals surface area contributed by atoms with Crippen molar-refractivity contribution in [2.24, 2.45) is 0 Å². The summed E-state index contributed by atoms with van der Waals surface area (Å²) in [5.41, 5.74) is 2.89. The van der Waals surface area contributed by atoms with E-state index in [1.807, 2.05) is 31.2 Å². The minimum atomic E-state index is -1.60. The van der Waals surface area contributed by atoms with Gasteiger partial charge in [-0.1, -0.05) is 43.7 Å². The number of imidazole rings is 1. The number of ether oxygens (including phenoxy) is 1. The quantitative estimate of drug-likeness (QED) is 0.228. The van der Waals surface area contributed by atoms with E-state index in [1.165, 1.54) is 4.57 Å². The Bertz CT molecular complexity index is 1290. The van der Waals surface area contributed by atoms with Crippen molar-refractivity contribution in [3.05, 3.63) is 78.1 Å². The predicted molar refractivity (Wildman–Crippen MR) is 132 cm³/mol. The number of thioether (sulfide) groups is 1. The van der Waals surface area contributed by atoms with E-state index in [0.29, 0.717) is 16.8 Å². The number of fused-ring (bicyclic) bond motifs is 1. The second kappa shape index (κ2) is 10.8. The Kier molecular flexibility index (Phi) is 7.57. The van der Waals surface area contributed by atoms with Gasteiger partial charge in [-0.15, -0.1) is 11.8 Å². The third-order valence-electron chi connectivity index (χ3n) is 5.15. The molecule has 0 N–H and O–H groups in total. The van der Waals surface area contributed by atoms with Gasteiger partial charge in [0.1, 0.15) is 5.75 Å². The van der Waals surface area contributed by atoms with Crippen molar-refractivity contribution in [2.75, 3.05) is 5.75 Å². The normalized spacial score (nSPS) is 12.1. The highest BCUT2D eigenvalue weighted by atomic mass is 32.2. The maximum Gasteiger partial charge on any atom is 0.426 e. The van der Waals surface area contributed by atoms with Crippen LogP contribution in [0.2, 0.25) is 0 Å². The number of benzene rings is 2. The highest BCUT2D eigenvalue weighted by Crippen LogP contribution is 2.27. The number of rotatable bonds is 8. The van der Waals surface area contributed by atoms with Crippen LogP contribution in [0.1, 0.15) is 31.0 Å². The molecule has 0 fully saturated rings. The van der Waals surface area contributed by atoms with E-state index >= 15 is 0 Å². The first-order chi connectivity index (χ1) is 16.1. The lowest BCUT2D eigenvalue weighted by molar-refractivity contribution is 0.201. The van der Waals surface area contributed by atoms with E-state index < -0.39 is 16.9 Å². The summed E-state index contributed by atoms with van der Waals surface area (Å²) in [4.78, 5) is 23.2. The Hall–Kier alpha value is -2.97. The molecule has 0 saturated heterocycles. The Labute approximate surface area is 199 Å². The van der Waals surface area contributed by atoms with Crippen molar-refractivity contribution >= 4 is 39.7 Å². The monoisotopic (exact) mass is 479 g/mol. The van der Waals surface area contributed by atoms with Crippen LogP contribution in [-0.2, 0) is 16.6 Å². The van der Waals surface area contributed by atoms with Crippen molar-refractivity contribution in [2.45, 2.75) is 42.5 Å². The van der Waals surface area contributed by atoms with Crippen LogP contribution >= 0.6 is 11.8 Å². The first kappa shape index (κ1) is 23.2. The van der Waals surface area contributed by atoms with Crippen LogP contribution in [-0.4, -0.2) is 30.6 Å². The van der Waals surface area contributed by atoms with Gasteiger partial charge in [-0.3, -0.25) is 9.19 Å². The van der Waals surface area contributed by atoms with Crippen molar-refractivity contribution in [3.8, 4) is 5.75 Å². The molecular weight excluding hydrogens is 454 g/mol. The number of para-hydroxylation sites is 3. The molecule has 2 aromatic heterocycles. The first-order valence-corrected chi connectivity index (χ1v) is 13.1. The van der Waals surface area contributed by atoms with Crippen LogP contribution < -0.4 is 4.74 Å². The van der Waals surface area contributed by atoms with E-state index in [-0.39, 0.29) is 10.9 Å². The molecule has 0 aliphatic rings. The zero-order chi connectivity index (χ0) is 23.2. The maximum atomic E-state index is 13.5. The number of carbonyl (C=O) groups is 1. The van der Waals surface area contributed by atoms with Gasteiger partial charge in [-0.25, -0.2) is 14.3 Å². The molecule has 0 saturated carbocycles. The third kappa shape index (κ3) is 5.34. The molecule has 2 aromatic carbocycles. The summed E-state index contributed by atoms with van der Waals surface area (Å²) in [7, 11) is -1.60. The highest BCUT2D eigenvalue weighted by Gasteiger charge is 2.24. The Morgan fingerprint density at radius 2 is 1.85 bits per heavy atom. The first-order valence-electron chi connectivity index (χ1n) is 10.8. The van der Waals surface area contributed by atoms with Crippen molar-refractivity contribution < 1.29 is 13.7 Å². The van der Waals surface area contributed by atoms with Crippen LogP contribution in [0, 0.1) is 6.92 Å². The molecule has 4 aromatic rings. The summed E-state index contributed by atoms with van der Waals surface area (Å²) < 4.78 is 20.3. The lowest BCUT2D eigenvalue weighted by atomic mass is 10.2. The lowest BCUT2D eigenvalue weighted by Crippen LogP contribution is -2.20. The number of nitrogens with zero attached hydrogens (tertiary/aromatic N) is 3. The molecule has 0 bridgehead atoms. The van der Waals surface area contributed by atoms with Crippen molar-refractivity contribution in [3.63, 3.8) is 0 Å². The highest BCUT2D eigenvalue weighted by molar-refractivity contribution is 7.99. The van der Waals surface area contributed by atoms with Crippen LogP contribution in [0.4, 0.5) is 4.79 Å². The fraction of sp³-hybridized carbons (Fsp3) is 0.240. The van der Waals surface area contributed by atoms with Gasteiger partial charge in [0.25, 0.3) is 0 Å². The van der Waals surface area contributed by atoms with Gasteiger partial charge in [0.2, 0.25) is 5.16 Å². The van der Waals surface area contributed by atoms with Gasteiger partial charge in [-0.2, -0.15) is 0 Å². The van der Waals surface area contributed by atoms with Gasteiger partial charge in [-0.05, 0) is 55.0 Å². The summed E-state index contributed by atoms with van der Waals surface area (Å²) in [5, 5.41) is 0.155. The van der Waals surface area contributed by atoms with Gasteiger partial charge in [0.05, 0.1) is 33.3 Å². The third-order valence-corrected chi connectivity index (χ3v) is 7.61. The van der Waals surface area contributed by atoms with Gasteiger partial charge < -0.3 is 4.74 Å². The standard InChI is InChI=1S/C25H25N3O3S2/c1-3-4-16-32-23-14-15-26-21(18(23)2)17-33(30)24-27-20-12-8-9-13-22(20)28(24)25(29)31-19-10-6-5-7-11-19/h5-15H,3-4,16-17H2,1-2H3. The van der Waals surface area contributed by atoms with E-state index in [1.54, 1.807) is 54.4 Å². The van der Waals surface area contributed by atoms with Crippen LogP contribution in [0.5, 0.6) is 5.75 Å². The van der Waals surface area contributed by atoms with Crippen LogP contribution in [0.15, 0.2) is 76.9 Å². The summed E-state index contributed by atoms with van der Waals surface area (Å²) in [6.45, 7) is 4.17. The van der Waals surface area contributed by atoms with E-state index in [2.05, 4.69) is 16.9 Å². The van der Waals surface area contributed by atoms with Gasteiger partial charge in [0, 0.05) is 11.1 Å². The summed E-state index contributed by atoms with van der Waals surface area (Å²) in [6, 6.07) is 18.0. The molecule has 0 spiro atoms. The number of unbranched alkanes of at least 4 members (excludes halogenated alkanes) is 1. The molecule has 0 aliphatic carbocycles. The number of hydrogen-bond acceptors (Lipinski definition) is 6. The smallest absolute Gasteiger partial charge is 0.410 e. The molecule has 33 heavy (non-hydrogen) atoms. The van der Waals surface area contributed by atoms with E-state index in [0.717, 1.165) is 34.7 Å². The fourth-order valence-electron chi connectivity index (χ4n) is 3.34. The average molecular weight is 480 g/mol. The molecule has 4 rings (SSSR count). The average Bonchev–Trinajstić information content (AvgIpc) is 3.22. The molecule has 0 radical (unpaired) electrons. The molecule has 1 atom stereocenters. The second-order valence-corrected chi connectivity index (χ2v) is 9.95. The summed E-state index contributed by atoms with van der Waals surface area (Å²) in [5.74, 6) is 1.60. The summed E-state index contributed by atoms with van der Waals surface area (Å²) in [6.07, 6.45) is 3.39. The molecular formula is C25H25N3O3S2. The Morgan fingerprint density at radius 3 is 2.64 bits per heavy atom. The fourth-order valence-corrected chi connectivity index (χ4v) is 5.73. The number of aromatic nitrogens is 3. The number of carbonyl (C=O) groups excluding carboxylic acids is 1. The van der Waals surface area contributed by atoms with Crippen molar-refractivity contribution in [1.29, 1.82) is 0 Å². The molecule has 1 unspecified atom stereocenters. The molecule has 170 valence electrons. The zero-order valence-corrected chi connectivity index (χ0v) is 20.2. The second-order valence-electron chi connectivity index (χ2n) is 7.47. The number of hydrogen-bond donors (Lipinski definition) is 0. The molecule has 6 nitrogen and oxygen atoms in total. The van der Waals surface area contributed by atoms with Gasteiger partial charge in [0.15, 0.2) is 0 Å². The largest absolute Gasteiger partial charge is 0.426 e. The maximum absolute atomic E-state index is 13.5. The molecule has 0 aliphatic heterocycles. The van der Waals surface area contributed by atoms with Crippen LogP contribution in [0.3, 0.4) is 0 Å². The van der Waals surface area contributed by atoms with Gasteiger partial charge >= 0.3 is 6.09 Å². The minimum absolute atomic E-state index is 0.155. The lowest BCUT2D eigenvalue weighted by Gasteiger charge is -2.11. The summed E-state index contributed by atoms with van der Waals surface area (Å²) >= 11 is 1.79. The van der Waals surface area contributed by atoms with Crippen molar-refractivity contribution in [1.82, 2.24) is 14.5 Å². The molecule has 8 heteroatoms. The minimum Gasteiger partial charge on any atom is -0.410 e. The predicted octanol–water partition coefficient (Wildman–Crippen LogP) is 5.99. The van der Waals surface area contributed by atoms with E-state index in [4.69, 9.17) is 4.74 Å².